The van der Waals surface area contributed by atoms with E-state index in [2.05, 4.69) is 4.74 Å². The number of benzene rings is 2. The highest BCUT2D eigenvalue weighted by molar-refractivity contribution is 5.82. The second kappa shape index (κ2) is 8.87. The minimum Gasteiger partial charge on any atom is -0.497 e. The van der Waals surface area contributed by atoms with Gasteiger partial charge in [-0.1, -0.05) is 42.5 Å². The monoisotopic (exact) mass is 341 g/mol. The van der Waals surface area contributed by atoms with Gasteiger partial charge in [0.15, 0.2) is 0 Å². The number of rotatable bonds is 7. The summed E-state index contributed by atoms with van der Waals surface area (Å²) in [5.74, 6) is 0.121. The molecule has 0 radical (unpaired) electrons. The third-order valence-electron chi connectivity index (χ3n) is 4.12. The van der Waals surface area contributed by atoms with Crippen LogP contribution < -0.4 is 4.74 Å². The van der Waals surface area contributed by atoms with Crippen molar-refractivity contribution in [2.75, 3.05) is 27.8 Å². The lowest BCUT2D eigenvalue weighted by Crippen LogP contribution is -2.33. The van der Waals surface area contributed by atoms with E-state index in [1.807, 2.05) is 54.6 Å². The summed E-state index contributed by atoms with van der Waals surface area (Å²) in [6.45, 7) is -0.0561. The van der Waals surface area contributed by atoms with Gasteiger partial charge in [0.1, 0.15) is 12.3 Å². The van der Waals surface area contributed by atoms with Gasteiger partial charge in [-0.25, -0.2) is 0 Å². The molecular formula is C20H23NO4. The van der Waals surface area contributed by atoms with Gasteiger partial charge in [0.05, 0.1) is 14.2 Å². The van der Waals surface area contributed by atoms with E-state index in [4.69, 9.17) is 4.74 Å². The number of hydrogen-bond acceptors (Lipinski definition) is 4. The summed E-state index contributed by atoms with van der Waals surface area (Å²) in [7, 11) is 4.54. The fraction of sp³-hybridized carbons (Fsp3) is 0.300. The first kappa shape index (κ1) is 18.5. The van der Waals surface area contributed by atoms with Crippen molar-refractivity contribution in [3.05, 3.63) is 65.7 Å². The van der Waals surface area contributed by atoms with Gasteiger partial charge >= 0.3 is 5.97 Å². The molecule has 2 aromatic carbocycles. The number of likely N-dealkylation sites (N-methyl/N-ethyl adjacent to an activating group) is 1. The van der Waals surface area contributed by atoms with Crippen LogP contribution in [0, 0.1) is 0 Å². The molecule has 0 aliphatic rings. The van der Waals surface area contributed by atoms with Crippen LogP contribution in [0.2, 0.25) is 0 Å². The van der Waals surface area contributed by atoms with Crippen LogP contribution in [0.15, 0.2) is 54.6 Å². The summed E-state index contributed by atoms with van der Waals surface area (Å²) < 4.78 is 9.83. The number of carbonyl (C=O) groups is 2. The summed E-state index contributed by atoms with van der Waals surface area (Å²) in [5, 5.41) is 0. The molecule has 0 fully saturated rings. The lowest BCUT2D eigenvalue weighted by atomic mass is 9.88. The van der Waals surface area contributed by atoms with Gasteiger partial charge in [-0.2, -0.15) is 0 Å². The summed E-state index contributed by atoms with van der Waals surface area (Å²) >= 11 is 0. The van der Waals surface area contributed by atoms with Crippen LogP contribution >= 0.6 is 0 Å². The molecular weight excluding hydrogens is 318 g/mol. The fourth-order valence-corrected chi connectivity index (χ4v) is 2.63. The minimum atomic E-state index is -0.434. The van der Waals surface area contributed by atoms with Gasteiger partial charge in [-0.3, -0.25) is 9.59 Å². The van der Waals surface area contributed by atoms with Crippen molar-refractivity contribution < 1.29 is 19.1 Å². The van der Waals surface area contributed by atoms with Crippen LogP contribution in [0.3, 0.4) is 0 Å². The van der Waals surface area contributed by atoms with Crippen molar-refractivity contribution in [3.8, 4) is 5.75 Å². The van der Waals surface area contributed by atoms with E-state index in [1.165, 1.54) is 12.0 Å². The lowest BCUT2D eigenvalue weighted by molar-refractivity contribution is -0.146. The van der Waals surface area contributed by atoms with E-state index < -0.39 is 5.97 Å². The van der Waals surface area contributed by atoms with E-state index in [9.17, 15) is 9.59 Å². The van der Waals surface area contributed by atoms with Gasteiger partial charge in [0.25, 0.3) is 0 Å². The number of ether oxygens (including phenoxy) is 2. The van der Waals surface area contributed by atoms with Crippen LogP contribution in [0.5, 0.6) is 5.75 Å². The number of amides is 1. The Morgan fingerprint density at radius 3 is 2.12 bits per heavy atom. The molecule has 0 N–H and O–H groups in total. The van der Waals surface area contributed by atoms with E-state index >= 15 is 0 Å². The molecule has 0 saturated heterocycles. The zero-order chi connectivity index (χ0) is 18.2. The molecule has 1 atom stereocenters. The van der Waals surface area contributed by atoms with Crippen molar-refractivity contribution >= 4 is 11.9 Å². The number of hydrogen-bond donors (Lipinski definition) is 0. The molecule has 5 nitrogen and oxygen atoms in total. The summed E-state index contributed by atoms with van der Waals surface area (Å²) in [6, 6.07) is 17.5. The SMILES string of the molecule is COC(=O)CN(C)C(=O)CC(c1ccccc1)c1ccc(OC)cc1. The number of carbonyl (C=O) groups excluding carboxylic acids is 2. The third-order valence-corrected chi connectivity index (χ3v) is 4.12. The largest absolute Gasteiger partial charge is 0.497 e. The Labute approximate surface area is 148 Å². The average molecular weight is 341 g/mol. The van der Waals surface area contributed by atoms with Crippen molar-refractivity contribution in [2.24, 2.45) is 0 Å². The first-order valence-corrected chi connectivity index (χ1v) is 8.04. The molecule has 0 bridgehead atoms. The smallest absolute Gasteiger partial charge is 0.325 e. The maximum absolute atomic E-state index is 12.6. The number of methoxy groups -OCH3 is 2. The molecule has 0 aliphatic heterocycles. The second-order valence-corrected chi connectivity index (χ2v) is 5.77. The minimum absolute atomic E-state index is 0.0561. The molecule has 2 rings (SSSR count). The van der Waals surface area contributed by atoms with Crippen LogP contribution in [0.1, 0.15) is 23.5 Å². The van der Waals surface area contributed by atoms with Gasteiger partial charge in [0.2, 0.25) is 5.91 Å². The van der Waals surface area contributed by atoms with E-state index in [1.54, 1.807) is 14.2 Å². The molecule has 0 spiro atoms. The molecule has 0 heterocycles. The molecule has 2 aromatic rings. The highest BCUT2D eigenvalue weighted by atomic mass is 16.5. The molecule has 5 heteroatoms. The molecule has 1 amide bonds. The zero-order valence-electron chi connectivity index (χ0n) is 14.8. The standard InChI is InChI=1S/C20H23NO4/c1-21(14-20(23)25-3)19(22)13-18(15-7-5-4-6-8-15)16-9-11-17(24-2)12-10-16/h4-12,18H,13-14H2,1-3H3. The Kier molecular flexibility index (Phi) is 6.57. The molecule has 132 valence electrons. The van der Waals surface area contributed by atoms with Crippen molar-refractivity contribution in [1.29, 1.82) is 0 Å². The van der Waals surface area contributed by atoms with Gasteiger partial charge < -0.3 is 14.4 Å². The molecule has 0 aromatic heterocycles. The highest BCUT2D eigenvalue weighted by Crippen LogP contribution is 2.29. The molecule has 1 unspecified atom stereocenters. The Morgan fingerprint density at radius 1 is 0.960 bits per heavy atom. The van der Waals surface area contributed by atoms with Gasteiger partial charge in [-0.15, -0.1) is 0 Å². The average Bonchev–Trinajstić information content (AvgIpc) is 2.66. The van der Waals surface area contributed by atoms with Crippen molar-refractivity contribution in [3.63, 3.8) is 0 Å². The first-order chi connectivity index (χ1) is 12.0. The Morgan fingerprint density at radius 2 is 1.56 bits per heavy atom. The van der Waals surface area contributed by atoms with Crippen molar-refractivity contribution in [2.45, 2.75) is 12.3 Å². The predicted molar refractivity (Wildman–Crippen MR) is 95.5 cm³/mol. The van der Waals surface area contributed by atoms with Gasteiger partial charge in [0, 0.05) is 19.4 Å². The van der Waals surface area contributed by atoms with E-state index in [-0.39, 0.29) is 24.8 Å². The Balaban J connectivity index is 2.23. The van der Waals surface area contributed by atoms with E-state index in [0.29, 0.717) is 0 Å². The van der Waals surface area contributed by atoms with Crippen LogP contribution in [0.25, 0.3) is 0 Å². The maximum atomic E-state index is 12.6. The fourth-order valence-electron chi connectivity index (χ4n) is 2.63. The maximum Gasteiger partial charge on any atom is 0.325 e. The number of esters is 1. The molecule has 0 saturated carbocycles. The first-order valence-electron chi connectivity index (χ1n) is 8.04. The van der Waals surface area contributed by atoms with Crippen LogP contribution in [0.4, 0.5) is 0 Å². The summed E-state index contributed by atoms with van der Waals surface area (Å²) in [5.41, 5.74) is 2.07. The zero-order valence-corrected chi connectivity index (χ0v) is 14.8. The highest BCUT2D eigenvalue weighted by Gasteiger charge is 2.21. The van der Waals surface area contributed by atoms with Crippen LogP contribution in [-0.4, -0.2) is 44.6 Å². The second-order valence-electron chi connectivity index (χ2n) is 5.77. The quantitative estimate of drug-likeness (QED) is 0.727. The summed E-state index contributed by atoms with van der Waals surface area (Å²) in [4.78, 5) is 25.4. The Bertz CT molecular complexity index is 697. The Hall–Kier alpha value is -2.82. The summed E-state index contributed by atoms with van der Waals surface area (Å²) in [6.07, 6.45) is 0.268. The normalized spacial score (nSPS) is 11.5. The molecule has 25 heavy (non-hydrogen) atoms. The predicted octanol–water partition coefficient (Wildman–Crippen LogP) is 2.85. The topological polar surface area (TPSA) is 55.8 Å². The lowest BCUT2D eigenvalue weighted by Gasteiger charge is -2.22. The van der Waals surface area contributed by atoms with Crippen molar-refractivity contribution in [1.82, 2.24) is 4.90 Å². The van der Waals surface area contributed by atoms with E-state index in [0.717, 1.165) is 16.9 Å². The molecule has 0 aliphatic carbocycles. The van der Waals surface area contributed by atoms with Crippen LogP contribution in [-0.2, 0) is 14.3 Å². The third kappa shape index (κ3) is 5.08. The van der Waals surface area contributed by atoms with Gasteiger partial charge in [-0.05, 0) is 23.3 Å². The number of nitrogens with zero attached hydrogens (tertiary/aromatic N) is 1.